The highest BCUT2D eigenvalue weighted by molar-refractivity contribution is 5.31. The lowest BCUT2D eigenvalue weighted by Crippen LogP contribution is -2.48. The van der Waals surface area contributed by atoms with Crippen molar-refractivity contribution in [2.24, 2.45) is 34.5 Å². The monoisotopic (exact) mass is 564 g/mol. The maximum atomic E-state index is 4.88. The van der Waals surface area contributed by atoms with Gasteiger partial charge in [0, 0.05) is 23.6 Å². The van der Waals surface area contributed by atoms with Crippen molar-refractivity contribution < 1.29 is 0 Å². The Balaban J connectivity index is 1.92. The first kappa shape index (κ1) is 33.6. The van der Waals surface area contributed by atoms with E-state index in [2.05, 4.69) is 90.7 Å². The Bertz CT molecular complexity index is 972. The van der Waals surface area contributed by atoms with Crippen LogP contribution in [0.1, 0.15) is 120 Å². The van der Waals surface area contributed by atoms with Gasteiger partial charge in [-0.3, -0.25) is 0 Å². The van der Waals surface area contributed by atoms with Crippen LogP contribution < -0.4 is 10.6 Å². The smallest absolute Gasteiger partial charge is 0.0711 e. The maximum absolute atomic E-state index is 4.88. The van der Waals surface area contributed by atoms with E-state index in [0.29, 0.717) is 29.1 Å². The summed E-state index contributed by atoms with van der Waals surface area (Å²) in [5, 5.41) is 7.90. The molecule has 2 N–H and O–H groups in total. The Morgan fingerprint density at radius 3 is 2.17 bits per heavy atom. The minimum atomic E-state index is 0.164. The molecule has 2 aliphatic carbocycles. The predicted octanol–water partition coefficient (Wildman–Crippen LogP) is 9.77. The molecule has 1 aliphatic heterocycles. The fourth-order valence-corrected chi connectivity index (χ4v) is 8.15. The molecule has 3 fully saturated rings. The number of allylic oxidation sites excluding steroid dienone is 1. The molecule has 3 rings (SSSR count). The summed E-state index contributed by atoms with van der Waals surface area (Å²) in [6.45, 7) is 42.5. The molecule has 0 bridgehead atoms. The lowest BCUT2D eigenvalue weighted by atomic mass is 9.81. The Labute approximate surface area is 255 Å². The van der Waals surface area contributed by atoms with Gasteiger partial charge >= 0.3 is 0 Å². The SMILES string of the molecule is C=C(CC(C)(C)C)NC(C(=C)N1C[C@@H]2CC(C)(C)C[C@@H]2C1C(=C)NC(CC(C)CC)C(=C)C(=C)C)C1CCCCC1. The van der Waals surface area contributed by atoms with Crippen molar-refractivity contribution in [1.29, 1.82) is 0 Å². The van der Waals surface area contributed by atoms with E-state index < -0.39 is 0 Å². The molecular weight excluding hydrogens is 498 g/mol. The molecule has 41 heavy (non-hydrogen) atoms. The van der Waals surface area contributed by atoms with Gasteiger partial charge in [-0.25, -0.2) is 0 Å². The molecule has 0 radical (unpaired) electrons. The second-order valence-electron chi connectivity index (χ2n) is 16.2. The maximum Gasteiger partial charge on any atom is 0.0711 e. The van der Waals surface area contributed by atoms with Crippen molar-refractivity contribution in [3.8, 4) is 0 Å². The van der Waals surface area contributed by atoms with E-state index in [1.54, 1.807) is 0 Å². The van der Waals surface area contributed by atoms with E-state index >= 15 is 0 Å². The van der Waals surface area contributed by atoms with Gasteiger partial charge in [0.05, 0.1) is 18.1 Å². The summed E-state index contributed by atoms with van der Waals surface area (Å²) >= 11 is 0. The molecule has 3 nitrogen and oxygen atoms in total. The Morgan fingerprint density at radius 1 is 0.976 bits per heavy atom. The van der Waals surface area contributed by atoms with Crippen LogP contribution in [-0.2, 0) is 0 Å². The van der Waals surface area contributed by atoms with E-state index in [0.717, 1.165) is 48.3 Å². The average molecular weight is 564 g/mol. The second kappa shape index (κ2) is 13.6. The van der Waals surface area contributed by atoms with Crippen LogP contribution in [0, 0.1) is 34.5 Å². The zero-order valence-corrected chi connectivity index (χ0v) is 28.3. The summed E-state index contributed by atoms with van der Waals surface area (Å²) in [6.07, 6.45) is 12.2. The first-order valence-electron chi connectivity index (χ1n) is 16.7. The summed E-state index contributed by atoms with van der Waals surface area (Å²) in [6, 6.07) is 0.640. The van der Waals surface area contributed by atoms with Gasteiger partial charge in [-0.1, -0.05) is 113 Å². The van der Waals surface area contributed by atoms with Crippen molar-refractivity contribution in [1.82, 2.24) is 15.5 Å². The topological polar surface area (TPSA) is 27.3 Å². The molecule has 3 aliphatic rings. The fraction of sp³-hybridized carbons (Fsp3) is 0.737. The van der Waals surface area contributed by atoms with Crippen LogP contribution in [0.25, 0.3) is 0 Å². The largest absolute Gasteiger partial charge is 0.380 e. The van der Waals surface area contributed by atoms with Crippen LogP contribution in [0.3, 0.4) is 0 Å². The molecule has 1 saturated heterocycles. The number of nitrogens with one attached hydrogen (secondary N) is 2. The number of fused-ring (bicyclic) bond motifs is 1. The van der Waals surface area contributed by atoms with Gasteiger partial charge in [0.15, 0.2) is 0 Å². The van der Waals surface area contributed by atoms with Crippen LogP contribution in [0.2, 0.25) is 0 Å². The standard InChI is InChI=1S/C38H65N3/c1-14-26(4)20-34(28(6)25(2)3)40-29(7)36-33-23-38(12,13)22-32(33)24-41(36)30(8)35(31-18-16-15-17-19-31)39-27(5)21-37(9,10)11/h26,31-36,39-40H,2,5-8,14-24H2,1,3-4,9-13H3/t26?,32-,33-,34?,35?,36?/m0/s1. The van der Waals surface area contributed by atoms with E-state index in [1.807, 2.05) is 0 Å². The van der Waals surface area contributed by atoms with E-state index in [4.69, 9.17) is 13.2 Å². The highest BCUT2D eigenvalue weighted by Crippen LogP contribution is 2.53. The number of rotatable bonds is 14. The summed E-state index contributed by atoms with van der Waals surface area (Å²) < 4.78 is 0. The zero-order valence-electron chi connectivity index (χ0n) is 28.3. The highest BCUT2D eigenvalue weighted by atomic mass is 15.3. The van der Waals surface area contributed by atoms with Crippen molar-refractivity contribution in [2.45, 2.75) is 138 Å². The minimum absolute atomic E-state index is 0.164. The molecular formula is C38H65N3. The van der Waals surface area contributed by atoms with Crippen LogP contribution in [0.15, 0.2) is 61.1 Å². The van der Waals surface area contributed by atoms with Gasteiger partial charge in [-0.15, -0.1) is 0 Å². The van der Waals surface area contributed by atoms with Crippen molar-refractivity contribution in [3.63, 3.8) is 0 Å². The first-order chi connectivity index (χ1) is 19.0. The first-order valence-corrected chi connectivity index (χ1v) is 16.7. The Kier molecular flexibility index (Phi) is 11.1. The van der Waals surface area contributed by atoms with Gasteiger partial charge < -0.3 is 15.5 Å². The lowest BCUT2D eigenvalue weighted by Gasteiger charge is -2.42. The quantitative estimate of drug-likeness (QED) is 0.206. The molecule has 232 valence electrons. The normalized spacial score (nSPS) is 26.5. The molecule has 6 atom stereocenters. The van der Waals surface area contributed by atoms with Crippen molar-refractivity contribution >= 4 is 0 Å². The summed E-state index contributed by atoms with van der Waals surface area (Å²) in [5.41, 5.74) is 6.29. The fourth-order valence-electron chi connectivity index (χ4n) is 8.15. The van der Waals surface area contributed by atoms with Crippen LogP contribution in [0.4, 0.5) is 0 Å². The van der Waals surface area contributed by atoms with Crippen LogP contribution in [-0.4, -0.2) is 29.6 Å². The number of nitrogens with zero attached hydrogens (tertiary/aromatic N) is 1. The van der Waals surface area contributed by atoms with E-state index in [9.17, 15) is 0 Å². The third kappa shape index (κ3) is 8.80. The summed E-state index contributed by atoms with van der Waals surface area (Å²) in [4.78, 5) is 2.67. The van der Waals surface area contributed by atoms with E-state index in [-0.39, 0.29) is 23.5 Å². The van der Waals surface area contributed by atoms with Crippen molar-refractivity contribution in [2.75, 3.05) is 6.54 Å². The average Bonchev–Trinajstić information content (AvgIpc) is 3.36. The third-order valence-corrected chi connectivity index (χ3v) is 10.4. The van der Waals surface area contributed by atoms with Crippen molar-refractivity contribution in [3.05, 3.63) is 61.1 Å². The van der Waals surface area contributed by atoms with Gasteiger partial charge in [0.25, 0.3) is 0 Å². The molecule has 2 saturated carbocycles. The van der Waals surface area contributed by atoms with Gasteiger partial charge in [-0.2, -0.15) is 0 Å². The van der Waals surface area contributed by atoms with Crippen LogP contribution in [0.5, 0.6) is 0 Å². The molecule has 0 amide bonds. The Hall–Kier alpha value is -1.90. The second-order valence-corrected chi connectivity index (χ2v) is 16.2. The number of hydrogen-bond acceptors (Lipinski definition) is 3. The molecule has 0 aromatic rings. The number of likely N-dealkylation sites (tertiary alicyclic amines) is 1. The molecule has 1 heterocycles. The minimum Gasteiger partial charge on any atom is -0.380 e. The predicted molar refractivity (Wildman–Crippen MR) is 180 cm³/mol. The molecule has 4 unspecified atom stereocenters. The lowest BCUT2D eigenvalue weighted by molar-refractivity contribution is 0.209. The van der Waals surface area contributed by atoms with Gasteiger partial charge in [0.2, 0.25) is 0 Å². The summed E-state index contributed by atoms with van der Waals surface area (Å²) in [5.74, 6) is 2.48. The molecule has 3 heteroatoms. The van der Waals surface area contributed by atoms with Crippen LogP contribution >= 0.6 is 0 Å². The van der Waals surface area contributed by atoms with E-state index in [1.165, 1.54) is 50.6 Å². The summed E-state index contributed by atoms with van der Waals surface area (Å²) in [7, 11) is 0. The van der Waals surface area contributed by atoms with Gasteiger partial charge in [0.1, 0.15) is 0 Å². The molecule has 0 spiro atoms. The zero-order chi connectivity index (χ0) is 30.7. The van der Waals surface area contributed by atoms with Gasteiger partial charge in [-0.05, 0) is 85.5 Å². The Morgan fingerprint density at radius 2 is 1.61 bits per heavy atom. The molecule has 0 aromatic heterocycles. The highest BCUT2D eigenvalue weighted by Gasteiger charge is 2.52. The molecule has 0 aromatic carbocycles. The third-order valence-electron chi connectivity index (χ3n) is 10.4. The number of hydrogen-bond donors (Lipinski definition) is 2.